The van der Waals surface area contributed by atoms with Crippen LogP contribution in [0, 0.1) is 0 Å². The van der Waals surface area contributed by atoms with Gasteiger partial charge in [0.1, 0.15) is 0 Å². The van der Waals surface area contributed by atoms with E-state index in [1.54, 1.807) is 12.1 Å². The zero-order valence-electron chi connectivity index (χ0n) is 11.0. The third-order valence-corrected chi connectivity index (χ3v) is 3.47. The summed E-state index contributed by atoms with van der Waals surface area (Å²) in [5, 5.41) is 8.63. The second kappa shape index (κ2) is 6.36. The number of likely N-dealkylation sites (tertiary alicyclic amines) is 1. The fraction of sp³-hybridized carbons (Fsp3) is 0.467. The van der Waals surface area contributed by atoms with E-state index in [1.807, 2.05) is 17.0 Å². The second-order valence-electron chi connectivity index (χ2n) is 4.94. The van der Waals surface area contributed by atoms with Crippen molar-refractivity contribution in [2.45, 2.75) is 32.1 Å². The summed E-state index contributed by atoms with van der Waals surface area (Å²) < 4.78 is 0. The molecule has 0 saturated carbocycles. The molecular weight excluding hydrogens is 242 g/mol. The Balaban J connectivity index is 1.97. The smallest absolute Gasteiger partial charge is 0.303 e. The van der Waals surface area contributed by atoms with Crippen molar-refractivity contribution in [1.29, 1.82) is 0 Å². The van der Waals surface area contributed by atoms with Gasteiger partial charge in [0.2, 0.25) is 0 Å². The Hall–Kier alpha value is -1.84. The molecule has 0 radical (unpaired) electrons. The number of amides is 1. The molecule has 1 fully saturated rings. The molecule has 1 N–H and O–H groups in total. The van der Waals surface area contributed by atoms with Gasteiger partial charge >= 0.3 is 5.97 Å². The van der Waals surface area contributed by atoms with Crippen LogP contribution >= 0.6 is 0 Å². The molecule has 0 spiro atoms. The van der Waals surface area contributed by atoms with E-state index in [0.29, 0.717) is 12.0 Å². The number of hydrogen-bond acceptors (Lipinski definition) is 2. The van der Waals surface area contributed by atoms with Crippen LogP contribution in [-0.4, -0.2) is 35.0 Å². The second-order valence-corrected chi connectivity index (χ2v) is 4.94. The number of piperidine rings is 1. The van der Waals surface area contributed by atoms with E-state index in [0.717, 1.165) is 31.5 Å². The molecule has 1 amide bonds. The lowest BCUT2D eigenvalue weighted by atomic mass is 10.1. The van der Waals surface area contributed by atoms with Gasteiger partial charge in [0.05, 0.1) is 0 Å². The number of aliphatic carboxylic acids is 1. The van der Waals surface area contributed by atoms with Gasteiger partial charge in [-0.3, -0.25) is 9.59 Å². The normalized spacial score (nSPS) is 15.3. The summed E-state index contributed by atoms with van der Waals surface area (Å²) in [5.41, 5.74) is 1.65. The van der Waals surface area contributed by atoms with Crippen LogP contribution in [-0.2, 0) is 11.2 Å². The van der Waals surface area contributed by atoms with Gasteiger partial charge in [-0.25, -0.2) is 0 Å². The molecule has 1 aliphatic heterocycles. The Labute approximate surface area is 113 Å². The average molecular weight is 261 g/mol. The minimum atomic E-state index is -0.798. The van der Waals surface area contributed by atoms with Crippen LogP contribution < -0.4 is 0 Å². The number of carboxylic acids is 1. The van der Waals surface area contributed by atoms with E-state index in [4.69, 9.17) is 5.11 Å². The minimum absolute atomic E-state index is 0.0875. The highest BCUT2D eigenvalue weighted by molar-refractivity contribution is 5.94. The van der Waals surface area contributed by atoms with Gasteiger partial charge in [0.25, 0.3) is 5.91 Å². The average Bonchev–Trinajstić information content (AvgIpc) is 2.46. The molecule has 1 aliphatic rings. The van der Waals surface area contributed by atoms with E-state index in [1.165, 1.54) is 6.42 Å². The first-order chi connectivity index (χ1) is 9.16. The summed E-state index contributed by atoms with van der Waals surface area (Å²) in [7, 11) is 0. The van der Waals surface area contributed by atoms with Gasteiger partial charge < -0.3 is 10.0 Å². The van der Waals surface area contributed by atoms with Gasteiger partial charge in [-0.2, -0.15) is 0 Å². The Morgan fingerprint density at radius 1 is 1.05 bits per heavy atom. The molecule has 102 valence electrons. The van der Waals surface area contributed by atoms with Crippen molar-refractivity contribution >= 4 is 11.9 Å². The van der Waals surface area contributed by atoms with Crippen LogP contribution in [0.2, 0.25) is 0 Å². The highest BCUT2D eigenvalue weighted by Gasteiger charge is 2.17. The van der Waals surface area contributed by atoms with E-state index in [-0.39, 0.29) is 12.3 Å². The molecule has 1 heterocycles. The Morgan fingerprint density at radius 3 is 2.26 bits per heavy atom. The number of hydrogen-bond donors (Lipinski definition) is 1. The molecule has 0 bridgehead atoms. The van der Waals surface area contributed by atoms with Crippen LogP contribution in [0.3, 0.4) is 0 Å². The number of nitrogens with zero attached hydrogens (tertiary/aromatic N) is 1. The predicted octanol–water partition coefficient (Wildman–Crippen LogP) is 2.33. The summed E-state index contributed by atoms with van der Waals surface area (Å²) in [4.78, 5) is 24.6. The van der Waals surface area contributed by atoms with E-state index >= 15 is 0 Å². The van der Waals surface area contributed by atoms with Crippen LogP contribution in [0.5, 0.6) is 0 Å². The molecule has 19 heavy (non-hydrogen) atoms. The largest absolute Gasteiger partial charge is 0.481 e. The van der Waals surface area contributed by atoms with E-state index in [9.17, 15) is 9.59 Å². The summed E-state index contributed by atoms with van der Waals surface area (Å²) >= 11 is 0. The monoisotopic (exact) mass is 261 g/mol. The Kier molecular flexibility index (Phi) is 4.55. The molecular formula is C15H19NO3. The van der Waals surface area contributed by atoms with Crippen molar-refractivity contribution < 1.29 is 14.7 Å². The fourth-order valence-electron chi connectivity index (χ4n) is 2.34. The number of carbonyl (C=O) groups excluding carboxylic acids is 1. The first-order valence-electron chi connectivity index (χ1n) is 6.77. The van der Waals surface area contributed by atoms with Gasteiger partial charge in [-0.15, -0.1) is 0 Å². The van der Waals surface area contributed by atoms with Crippen LogP contribution in [0.25, 0.3) is 0 Å². The van der Waals surface area contributed by atoms with Crippen molar-refractivity contribution in [1.82, 2.24) is 4.90 Å². The summed E-state index contributed by atoms with van der Waals surface area (Å²) in [5.74, 6) is -0.710. The molecule has 1 saturated heterocycles. The van der Waals surface area contributed by atoms with Crippen LogP contribution in [0.1, 0.15) is 41.6 Å². The SMILES string of the molecule is O=C(O)CCc1ccc(C(=O)N2CCCCC2)cc1. The van der Waals surface area contributed by atoms with Gasteiger partial charge in [-0.1, -0.05) is 12.1 Å². The maximum Gasteiger partial charge on any atom is 0.303 e. The lowest BCUT2D eigenvalue weighted by molar-refractivity contribution is -0.136. The first kappa shape index (κ1) is 13.6. The van der Waals surface area contributed by atoms with Gasteiger partial charge in [0, 0.05) is 25.1 Å². The number of carboxylic acid groups (broad SMARTS) is 1. The molecule has 0 aliphatic carbocycles. The summed E-state index contributed by atoms with van der Waals surface area (Å²) in [6.07, 6.45) is 4.01. The Bertz CT molecular complexity index is 447. The zero-order valence-corrected chi connectivity index (χ0v) is 11.0. The van der Waals surface area contributed by atoms with Crippen molar-refractivity contribution in [3.05, 3.63) is 35.4 Å². The van der Waals surface area contributed by atoms with E-state index in [2.05, 4.69) is 0 Å². The molecule has 0 unspecified atom stereocenters. The minimum Gasteiger partial charge on any atom is -0.481 e. The zero-order chi connectivity index (χ0) is 13.7. The fourth-order valence-corrected chi connectivity index (χ4v) is 2.34. The van der Waals surface area contributed by atoms with Crippen molar-refractivity contribution in [2.24, 2.45) is 0 Å². The third kappa shape index (κ3) is 3.81. The highest BCUT2D eigenvalue weighted by atomic mass is 16.4. The molecule has 4 heteroatoms. The quantitative estimate of drug-likeness (QED) is 0.905. The van der Waals surface area contributed by atoms with E-state index < -0.39 is 5.97 Å². The predicted molar refractivity (Wildman–Crippen MR) is 72.2 cm³/mol. The van der Waals surface area contributed by atoms with Crippen LogP contribution in [0.15, 0.2) is 24.3 Å². The molecule has 1 aromatic carbocycles. The van der Waals surface area contributed by atoms with Gasteiger partial charge in [0.15, 0.2) is 0 Å². The lowest BCUT2D eigenvalue weighted by Crippen LogP contribution is -2.35. The molecule has 0 atom stereocenters. The van der Waals surface area contributed by atoms with Crippen LogP contribution in [0.4, 0.5) is 0 Å². The third-order valence-electron chi connectivity index (χ3n) is 3.47. The van der Waals surface area contributed by atoms with Crippen molar-refractivity contribution in [3.63, 3.8) is 0 Å². The highest BCUT2D eigenvalue weighted by Crippen LogP contribution is 2.14. The van der Waals surface area contributed by atoms with Crippen molar-refractivity contribution in [3.8, 4) is 0 Å². The number of carbonyl (C=O) groups is 2. The molecule has 4 nitrogen and oxygen atoms in total. The summed E-state index contributed by atoms with van der Waals surface area (Å²) in [6, 6.07) is 7.29. The maximum atomic E-state index is 12.2. The first-order valence-corrected chi connectivity index (χ1v) is 6.77. The summed E-state index contributed by atoms with van der Waals surface area (Å²) in [6.45, 7) is 1.69. The number of rotatable bonds is 4. The number of aryl methyl sites for hydroxylation is 1. The molecule has 2 rings (SSSR count). The van der Waals surface area contributed by atoms with Crippen molar-refractivity contribution in [2.75, 3.05) is 13.1 Å². The Morgan fingerprint density at radius 2 is 1.68 bits per heavy atom. The maximum absolute atomic E-state index is 12.2. The topological polar surface area (TPSA) is 57.6 Å². The standard InChI is InChI=1S/C15H19NO3/c17-14(18)9-6-12-4-7-13(8-5-12)15(19)16-10-2-1-3-11-16/h4-5,7-8H,1-3,6,9-11H2,(H,17,18). The molecule has 0 aromatic heterocycles. The molecule has 1 aromatic rings. The lowest BCUT2D eigenvalue weighted by Gasteiger charge is -2.26. The van der Waals surface area contributed by atoms with Gasteiger partial charge in [-0.05, 0) is 43.4 Å². The number of benzene rings is 1.